The van der Waals surface area contributed by atoms with Gasteiger partial charge < -0.3 is 4.90 Å². The number of carbonyl (C=O) groups is 1. The molecule has 28 heavy (non-hydrogen) atoms. The van der Waals surface area contributed by atoms with Crippen molar-refractivity contribution in [3.8, 4) is 0 Å². The van der Waals surface area contributed by atoms with E-state index in [4.69, 9.17) is 0 Å². The quantitative estimate of drug-likeness (QED) is 0.755. The van der Waals surface area contributed by atoms with Crippen LogP contribution in [0.4, 0.5) is 0 Å². The van der Waals surface area contributed by atoms with Gasteiger partial charge in [-0.2, -0.15) is 4.99 Å². The lowest BCUT2D eigenvalue weighted by Gasteiger charge is -2.36. The molecule has 5 atom stereocenters. The Kier molecular flexibility index (Phi) is 4.58. The Balaban J connectivity index is 1.40. The van der Waals surface area contributed by atoms with Gasteiger partial charge in [-0.1, -0.05) is 48.0 Å². The van der Waals surface area contributed by atoms with Crippen molar-refractivity contribution >= 4 is 32.7 Å². The van der Waals surface area contributed by atoms with Crippen molar-refractivity contribution in [3.05, 3.63) is 35.4 Å². The summed E-state index contributed by atoms with van der Waals surface area (Å²) in [4.78, 5) is 19.4. The maximum absolute atomic E-state index is 12.7. The van der Waals surface area contributed by atoms with Crippen LogP contribution in [0.3, 0.4) is 0 Å². The number of hydrogen-bond donors (Lipinski definition) is 0. The third kappa shape index (κ3) is 3.41. The Hall–Kier alpha value is -1.34. The van der Waals surface area contributed by atoms with Gasteiger partial charge in [-0.3, -0.25) is 4.79 Å². The van der Waals surface area contributed by atoms with Gasteiger partial charge in [0.1, 0.15) is 0 Å². The fraction of sp³-hybridized carbons (Fsp3) is 0.619. The first-order valence-corrected chi connectivity index (χ1v) is 12.9. The van der Waals surface area contributed by atoms with E-state index in [9.17, 15) is 13.2 Å². The van der Waals surface area contributed by atoms with E-state index in [1.165, 1.54) is 36.6 Å². The van der Waals surface area contributed by atoms with Gasteiger partial charge in [-0.05, 0) is 43.6 Å². The standard InChI is InChI=1S/C21H26N2O3S2/c1-13-2-4-14(5-3-13)10-20(24)22-21-23(17-9-15-6-7-16(17)8-15)18-11-28(25,26)12-19(18)27-21/h2-5,15-19H,6-12H2,1H3/t15-,16-,17+,18+,19+/m0/s1. The molecule has 1 aromatic carbocycles. The summed E-state index contributed by atoms with van der Waals surface area (Å²) in [5.41, 5.74) is 2.14. The number of carbonyl (C=O) groups excluding carboxylic acids is 1. The lowest BCUT2D eigenvalue weighted by Crippen LogP contribution is -2.47. The molecule has 5 nitrogen and oxygen atoms in total. The second-order valence-corrected chi connectivity index (χ2v) is 12.3. The smallest absolute Gasteiger partial charge is 0.252 e. The molecular weight excluding hydrogens is 392 g/mol. The molecule has 0 N–H and O–H groups in total. The van der Waals surface area contributed by atoms with Crippen LogP contribution in [0.5, 0.6) is 0 Å². The highest BCUT2D eigenvalue weighted by Crippen LogP contribution is 2.51. The number of benzene rings is 1. The summed E-state index contributed by atoms with van der Waals surface area (Å²) in [6.45, 7) is 2.03. The second-order valence-electron chi connectivity index (χ2n) is 8.90. The number of thioether (sulfide) groups is 1. The van der Waals surface area contributed by atoms with Crippen molar-refractivity contribution in [1.82, 2.24) is 4.90 Å². The minimum Gasteiger partial charge on any atom is -0.343 e. The van der Waals surface area contributed by atoms with Crippen molar-refractivity contribution in [2.75, 3.05) is 11.5 Å². The predicted octanol–water partition coefficient (Wildman–Crippen LogP) is 2.82. The number of sulfone groups is 1. The Morgan fingerprint density at radius 3 is 2.61 bits per heavy atom. The number of rotatable bonds is 3. The normalized spacial score (nSPS) is 37.0. The minimum absolute atomic E-state index is 0.00900. The highest BCUT2D eigenvalue weighted by molar-refractivity contribution is 8.15. The third-order valence-corrected chi connectivity index (χ3v) is 10.1. The molecule has 150 valence electrons. The van der Waals surface area contributed by atoms with Gasteiger partial charge in [-0.25, -0.2) is 8.42 Å². The molecule has 5 rings (SSSR count). The highest BCUT2D eigenvalue weighted by Gasteiger charge is 2.54. The SMILES string of the molecule is Cc1ccc(CC(=O)N=C2S[C@@H]3CS(=O)(=O)C[C@H]3N2[C@@H]2C[C@H]3CC[C@H]2C3)cc1. The van der Waals surface area contributed by atoms with Crippen LogP contribution in [0.25, 0.3) is 0 Å². The zero-order chi connectivity index (χ0) is 19.5. The Labute approximate surface area is 170 Å². The van der Waals surface area contributed by atoms with E-state index in [0.29, 0.717) is 18.4 Å². The number of fused-ring (bicyclic) bond motifs is 3. The lowest BCUT2D eigenvalue weighted by molar-refractivity contribution is -0.117. The summed E-state index contributed by atoms with van der Waals surface area (Å²) < 4.78 is 24.4. The van der Waals surface area contributed by atoms with Gasteiger partial charge in [0, 0.05) is 11.3 Å². The molecule has 1 aromatic rings. The van der Waals surface area contributed by atoms with Crippen molar-refractivity contribution in [2.45, 2.75) is 56.4 Å². The minimum atomic E-state index is -2.99. The van der Waals surface area contributed by atoms with E-state index in [0.717, 1.165) is 23.1 Å². The van der Waals surface area contributed by atoms with Crippen LogP contribution in [0, 0.1) is 18.8 Å². The molecule has 4 aliphatic rings. The van der Waals surface area contributed by atoms with Crippen molar-refractivity contribution in [3.63, 3.8) is 0 Å². The molecule has 2 heterocycles. The molecule has 2 saturated heterocycles. The van der Waals surface area contributed by atoms with Gasteiger partial charge in [0.15, 0.2) is 15.0 Å². The molecule has 2 saturated carbocycles. The van der Waals surface area contributed by atoms with E-state index < -0.39 is 9.84 Å². The van der Waals surface area contributed by atoms with Gasteiger partial charge in [0.25, 0.3) is 5.91 Å². The second kappa shape index (κ2) is 6.87. The summed E-state index contributed by atoms with van der Waals surface area (Å²) in [6.07, 6.45) is 5.20. The zero-order valence-corrected chi connectivity index (χ0v) is 17.7. The van der Waals surface area contributed by atoms with Crippen LogP contribution in [-0.2, 0) is 21.1 Å². The van der Waals surface area contributed by atoms with Crippen LogP contribution >= 0.6 is 11.8 Å². The fourth-order valence-corrected chi connectivity index (χ4v) is 9.55. The average Bonchev–Trinajstić information content (AvgIpc) is 3.36. The Morgan fingerprint density at radius 1 is 1.14 bits per heavy atom. The first kappa shape index (κ1) is 18.7. The van der Waals surface area contributed by atoms with Crippen molar-refractivity contribution < 1.29 is 13.2 Å². The van der Waals surface area contributed by atoms with Crippen LogP contribution in [0.15, 0.2) is 29.3 Å². The molecule has 1 amide bonds. The first-order valence-electron chi connectivity index (χ1n) is 10.2. The van der Waals surface area contributed by atoms with Gasteiger partial charge in [0.05, 0.1) is 24.0 Å². The van der Waals surface area contributed by atoms with Crippen LogP contribution in [0.1, 0.15) is 36.8 Å². The molecule has 2 bridgehead atoms. The van der Waals surface area contributed by atoms with Crippen LogP contribution in [0.2, 0.25) is 0 Å². The fourth-order valence-electron chi connectivity index (χ4n) is 5.56. The van der Waals surface area contributed by atoms with E-state index in [1.807, 2.05) is 31.2 Å². The molecule has 0 spiro atoms. The number of aryl methyl sites for hydroxylation is 1. The molecule has 7 heteroatoms. The first-order chi connectivity index (χ1) is 13.4. The summed E-state index contributed by atoms with van der Waals surface area (Å²) in [5.74, 6) is 1.68. The number of nitrogens with zero attached hydrogens (tertiary/aromatic N) is 2. The molecule has 0 unspecified atom stereocenters. The maximum atomic E-state index is 12.7. The number of hydrogen-bond acceptors (Lipinski definition) is 4. The number of amides is 1. The summed E-state index contributed by atoms with van der Waals surface area (Å²) in [5, 5.41) is 0.801. The van der Waals surface area contributed by atoms with Gasteiger partial charge >= 0.3 is 0 Å². The summed E-state index contributed by atoms with van der Waals surface area (Å²) >= 11 is 1.52. The summed E-state index contributed by atoms with van der Waals surface area (Å²) in [7, 11) is -2.99. The monoisotopic (exact) mass is 418 g/mol. The molecule has 2 aliphatic heterocycles. The predicted molar refractivity (Wildman–Crippen MR) is 112 cm³/mol. The largest absolute Gasteiger partial charge is 0.343 e. The lowest BCUT2D eigenvalue weighted by atomic mass is 9.93. The van der Waals surface area contributed by atoms with Gasteiger partial charge in [-0.15, -0.1) is 0 Å². The number of amidine groups is 1. The van der Waals surface area contributed by atoms with Crippen molar-refractivity contribution in [1.29, 1.82) is 0 Å². The molecule has 0 radical (unpaired) electrons. The Bertz CT molecular complexity index is 925. The Morgan fingerprint density at radius 2 is 1.93 bits per heavy atom. The summed E-state index contributed by atoms with van der Waals surface area (Å²) in [6, 6.07) is 8.33. The van der Waals surface area contributed by atoms with Gasteiger partial charge in [0.2, 0.25) is 0 Å². The molecule has 0 aromatic heterocycles. The van der Waals surface area contributed by atoms with Crippen molar-refractivity contribution in [2.24, 2.45) is 16.8 Å². The van der Waals surface area contributed by atoms with Crippen LogP contribution in [-0.4, -0.2) is 53.2 Å². The highest BCUT2D eigenvalue weighted by atomic mass is 32.2. The van der Waals surface area contributed by atoms with E-state index in [2.05, 4.69) is 9.89 Å². The topological polar surface area (TPSA) is 66.8 Å². The molecule has 4 fully saturated rings. The molecular formula is C21H26N2O3S2. The third-order valence-electron chi connectivity index (χ3n) is 6.86. The van der Waals surface area contributed by atoms with E-state index in [1.54, 1.807) is 0 Å². The van der Waals surface area contributed by atoms with Crippen LogP contribution < -0.4 is 0 Å². The maximum Gasteiger partial charge on any atom is 0.252 e. The van der Waals surface area contributed by atoms with E-state index >= 15 is 0 Å². The average molecular weight is 419 g/mol. The van der Waals surface area contributed by atoms with E-state index in [-0.39, 0.29) is 28.7 Å². The molecule has 2 aliphatic carbocycles. The zero-order valence-electron chi connectivity index (χ0n) is 16.1. The number of aliphatic imine (C=N–C) groups is 1.